The summed E-state index contributed by atoms with van der Waals surface area (Å²) in [6.45, 7) is 1.94. The van der Waals surface area contributed by atoms with Crippen molar-refractivity contribution in [3.8, 4) is 0 Å². The van der Waals surface area contributed by atoms with Crippen molar-refractivity contribution in [3.63, 3.8) is 0 Å². The van der Waals surface area contributed by atoms with E-state index in [9.17, 15) is 8.42 Å². The summed E-state index contributed by atoms with van der Waals surface area (Å²) >= 11 is 0. The maximum absolute atomic E-state index is 11.8. The van der Waals surface area contributed by atoms with Crippen molar-refractivity contribution < 1.29 is 13.6 Å². The molecule has 1 heterocycles. The van der Waals surface area contributed by atoms with Gasteiger partial charge in [-0.1, -0.05) is 5.16 Å². The number of aryl methyl sites for hydroxylation is 1. The van der Waals surface area contributed by atoms with Crippen LogP contribution in [0.3, 0.4) is 0 Å². The minimum atomic E-state index is -3.51. The van der Waals surface area contributed by atoms with Crippen molar-refractivity contribution in [3.05, 3.63) is 11.9 Å². The molecule has 0 spiro atoms. The zero-order chi connectivity index (χ0) is 13.6. The van der Waals surface area contributed by atoms with Crippen LogP contribution in [0.1, 0.15) is 25.0 Å². The van der Waals surface area contributed by atoms with Crippen molar-refractivity contribution in [1.29, 1.82) is 0 Å². The number of H-pyrrole nitrogens is 1. The minimum absolute atomic E-state index is 0.142. The van der Waals surface area contributed by atoms with Gasteiger partial charge in [-0.15, -0.1) is 0 Å². The monoisotopic (exact) mass is 275 g/mol. The summed E-state index contributed by atoms with van der Waals surface area (Å²) in [7, 11) is -3.51. The Kier molecular flexibility index (Phi) is 5.10. The summed E-state index contributed by atoms with van der Waals surface area (Å²) in [5.74, 6) is 0.142. The zero-order valence-corrected chi connectivity index (χ0v) is 10.9. The van der Waals surface area contributed by atoms with E-state index in [0.29, 0.717) is 31.5 Å². The summed E-state index contributed by atoms with van der Waals surface area (Å²) in [6.07, 6.45) is 2.95. The molecule has 18 heavy (non-hydrogen) atoms. The van der Waals surface area contributed by atoms with E-state index in [2.05, 4.69) is 20.1 Å². The summed E-state index contributed by atoms with van der Waals surface area (Å²) in [5, 5.41) is 17.4. The molecule has 0 bridgehead atoms. The van der Waals surface area contributed by atoms with Crippen LogP contribution in [-0.4, -0.2) is 36.2 Å². The molecular formula is C9H17N5O3S. The fourth-order valence-electron chi connectivity index (χ4n) is 1.38. The maximum atomic E-state index is 11.8. The Morgan fingerprint density at radius 3 is 2.89 bits per heavy atom. The van der Waals surface area contributed by atoms with E-state index in [1.165, 1.54) is 6.20 Å². The molecular weight excluding hydrogens is 258 g/mol. The van der Waals surface area contributed by atoms with Crippen molar-refractivity contribution in [1.82, 2.24) is 14.9 Å². The van der Waals surface area contributed by atoms with Gasteiger partial charge in [-0.2, -0.15) is 5.10 Å². The lowest BCUT2D eigenvalue weighted by atomic mass is 10.2. The van der Waals surface area contributed by atoms with Crippen LogP contribution in [0.25, 0.3) is 0 Å². The second-order valence-electron chi connectivity index (χ2n) is 3.81. The van der Waals surface area contributed by atoms with Crippen LogP contribution in [0.4, 0.5) is 0 Å². The number of aromatic nitrogens is 2. The van der Waals surface area contributed by atoms with Gasteiger partial charge >= 0.3 is 0 Å². The van der Waals surface area contributed by atoms with Crippen LogP contribution >= 0.6 is 0 Å². The summed E-state index contributed by atoms with van der Waals surface area (Å²) in [6, 6.07) is 0. The normalized spacial score (nSPS) is 12.8. The van der Waals surface area contributed by atoms with E-state index in [-0.39, 0.29) is 10.7 Å². The van der Waals surface area contributed by atoms with Gasteiger partial charge in [0.05, 0.1) is 11.9 Å². The molecule has 0 atom stereocenters. The molecule has 0 fully saturated rings. The molecule has 5 N–H and O–H groups in total. The molecule has 0 amide bonds. The van der Waals surface area contributed by atoms with Gasteiger partial charge in [0.15, 0.2) is 0 Å². The molecule has 1 aromatic rings. The quantitative estimate of drug-likeness (QED) is 0.181. The average molecular weight is 275 g/mol. The predicted octanol–water partition coefficient (Wildman–Crippen LogP) is -0.0869. The standard InChI is InChI=1S/C9H17N5O3S/c1-7-8(6-11-13-7)18(16,17)12-5-3-2-4-9(10)14-15/h6,12,15H,2-5H2,1H3,(H2,10,14)(H,11,13). The number of hydrogen-bond donors (Lipinski definition) is 4. The Balaban J connectivity index is 2.38. The van der Waals surface area contributed by atoms with Crippen molar-refractivity contribution in [2.45, 2.75) is 31.1 Å². The van der Waals surface area contributed by atoms with E-state index in [1.54, 1.807) is 6.92 Å². The third-order valence-electron chi connectivity index (χ3n) is 2.35. The molecule has 0 aliphatic carbocycles. The van der Waals surface area contributed by atoms with Gasteiger partial charge in [0.1, 0.15) is 10.7 Å². The van der Waals surface area contributed by atoms with Gasteiger partial charge in [-0.05, 0) is 19.8 Å². The fourth-order valence-corrected chi connectivity index (χ4v) is 2.58. The third-order valence-corrected chi connectivity index (χ3v) is 3.93. The number of sulfonamides is 1. The Morgan fingerprint density at radius 1 is 1.61 bits per heavy atom. The average Bonchev–Trinajstić information content (AvgIpc) is 2.75. The molecule has 0 unspecified atom stereocenters. The lowest BCUT2D eigenvalue weighted by molar-refractivity contribution is 0.316. The molecule has 0 aliphatic heterocycles. The van der Waals surface area contributed by atoms with Crippen LogP contribution in [0.5, 0.6) is 0 Å². The summed E-state index contributed by atoms with van der Waals surface area (Å²) < 4.78 is 26.1. The second kappa shape index (κ2) is 6.36. The van der Waals surface area contributed by atoms with E-state index in [4.69, 9.17) is 10.9 Å². The second-order valence-corrected chi connectivity index (χ2v) is 5.54. The number of unbranched alkanes of at least 4 members (excludes halogenated alkanes) is 1. The van der Waals surface area contributed by atoms with Crippen LogP contribution in [-0.2, 0) is 10.0 Å². The molecule has 0 radical (unpaired) electrons. The number of hydrogen-bond acceptors (Lipinski definition) is 5. The minimum Gasteiger partial charge on any atom is -0.409 e. The smallest absolute Gasteiger partial charge is 0.243 e. The highest BCUT2D eigenvalue weighted by Crippen LogP contribution is 2.10. The number of rotatable bonds is 7. The van der Waals surface area contributed by atoms with Crippen LogP contribution < -0.4 is 10.5 Å². The molecule has 0 saturated heterocycles. The lowest BCUT2D eigenvalue weighted by Crippen LogP contribution is -2.25. The SMILES string of the molecule is Cc1[nH]ncc1S(=O)(=O)NCCCCC(N)=NO. The predicted molar refractivity (Wildman–Crippen MR) is 65.8 cm³/mol. The topological polar surface area (TPSA) is 133 Å². The fraction of sp³-hybridized carbons (Fsp3) is 0.556. The third kappa shape index (κ3) is 4.00. The number of nitrogens with zero attached hydrogens (tertiary/aromatic N) is 2. The van der Waals surface area contributed by atoms with Gasteiger partial charge < -0.3 is 10.9 Å². The van der Waals surface area contributed by atoms with Crippen molar-refractivity contribution in [2.24, 2.45) is 10.9 Å². The van der Waals surface area contributed by atoms with E-state index in [1.807, 2.05) is 0 Å². The Hall–Kier alpha value is -1.61. The molecule has 102 valence electrons. The van der Waals surface area contributed by atoms with E-state index < -0.39 is 10.0 Å². The molecule has 9 heteroatoms. The van der Waals surface area contributed by atoms with Gasteiger partial charge in [0.25, 0.3) is 0 Å². The molecule has 0 saturated carbocycles. The van der Waals surface area contributed by atoms with Crippen LogP contribution in [0.2, 0.25) is 0 Å². The van der Waals surface area contributed by atoms with Gasteiger partial charge in [-0.25, -0.2) is 13.1 Å². The molecule has 0 aliphatic rings. The van der Waals surface area contributed by atoms with E-state index >= 15 is 0 Å². The Labute approximate surface area is 105 Å². The zero-order valence-electron chi connectivity index (χ0n) is 10.0. The summed E-state index contributed by atoms with van der Waals surface area (Å²) in [5.41, 5.74) is 5.79. The maximum Gasteiger partial charge on any atom is 0.243 e. The first-order valence-corrected chi connectivity index (χ1v) is 6.91. The number of oxime groups is 1. The van der Waals surface area contributed by atoms with Gasteiger partial charge in [-0.3, -0.25) is 5.10 Å². The summed E-state index contributed by atoms with van der Waals surface area (Å²) in [4.78, 5) is 0.152. The van der Waals surface area contributed by atoms with Crippen LogP contribution in [0, 0.1) is 6.92 Å². The van der Waals surface area contributed by atoms with Gasteiger partial charge in [0, 0.05) is 13.0 Å². The van der Waals surface area contributed by atoms with Crippen LogP contribution in [0.15, 0.2) is 16.2 Å². The highest BCUT2D eigenvalue weighted by atomic mass is 32.2. The number of amidine groups is 1. The number of aromatic amines is 1. The van der Waals surface area contributed by atoms with Gasteiger partial charge in [0.2, 0.25) is 10.0 Å². The van der Waals surface area contributed by atoms with E-state index in [0.717, 1.165) is 0 Å². The first-order chi connectivity index (χ1) is 8.47. The number of nitrogens with two attached hydrogens (primary N) is 1. The van der Waals surface area contributed by atoms with Crippen molar-refractivity contribution in [2.75, 3.05) is 6.54 Å². The number of nitrogens with one attached hydrogen (secondary N) is 2. The molecule has 1 aromatic heterocycles. The highest BCUT2D eigenvalue weighted by Gasteiger charge is 2.17. The highest BCUT2D eigenvalue weighted by molar-refractivity contribution is 7.89. The lowest BCUT2D eigenvalue weighted by Gasteiger charge is -2.05. The Bertz CT molecular complexity index is 508. The van der Waals surface area contributed by atoms with Crippen molar-refractivity contribution >= 4 is 15.9 Å². The first-order valence-electron chi connectivity index (χ1n) is 5.43. The molecule has 1 rings (SSSR count). The molecule has 0 aromatic carbocycles. The molecule has 8 nitrogen and oxygen atoms in total. The Morgan fingerprint density at radius 2 is 2.33 bits per heavy atom. The first kappa shape index (κ1) is 14.5. The largest absolute Gasteiger partial charge is 0.409 e.